The number of benzene rings is 1. The van der Waals surface area contributed by atoms with Crippen molar-refractivity contribution < 1.29 is 23.4 Å². The van der Waals surface area contributed by atoms with Gasteiger partial charge in [0, 0.05) is 12.1 Å². The predicted octanol–water partition coefficient (Wildman–Crippen LogP) is 3.30. The standard InChI is InChI=1S/C15H21F2NO3/c1-15(2,3)21-14(20)18-8-4-5-13(19)11-9-10(16)6-7-12(11)17/h6-7,9,13,19H,4-5,8H2,1-3H3,(H,18,20). The average Bonchev–Trinajstić information content (AvgIpc) is 2.35. The van der Waals surface area contributed by atoms with Gasteiger partial charge in [0.15, 0.2) is 0 Å². The molecule has 0 aromatic heterocycles. The molecule has 1 unspecified atom stereocenters. The number of nitrogens with one attached hydrogen (secondary N) is 1. The molecule has 0 saturated heterocycles. The zero-order valence-electron chi connectivity index (χ0n) is 12.5. The summed E-state index contributed by atoms with van der Waals surface area (Å²) in [5.41, 5.74) is -0.652. The van der Waals surface area contributed by atoms with Gasteiger partial charge in [0.2, 0.25) is 0 Å². The van der Waals surface area contributed by atoms with Gasteiger partial charge in [-0.05, 0) is 51.8 Å². The lowest BCUT2D eigenvalue weighted by Crippen LogP contribution is -2.33. The third-order valence-corrected chi connectivity index (χ3v) is 2.64. The number of rotatable bonds is 5. The van der Waals surface area contributed by atoms with Crippen LogP contribution in [0.3, 0.4) is 0 Å². The van der Waals surface area contributed by atoms with Gasteiger partial charge in [-0.3, -0.25) is 0 Å². The molecule has 1 rings (SSSR count). The molecule has 0 fully saturated rings. The van der Waals surface area contributed by atoms with E-state index in [0.717, 1.165) is 18.2 Å². The first-order chi connectivity index (χ1) is 9.69. The van der Waals surface area contributed by atoms with Crippen LogP contribution >= 0.6 is 0 Å². The van der Waals surface area contributed by atoms with Crippen LogP contribution in [-0.2, 0) is 4.74 Å². The minimum absolute atomic E-state index is 0.0766. The molecule has 118 valence electrons. The van der Waals surface area contributed by atoms with Crippen LogP contribution in [0, 0.1) is 11.6 Å². The molecule has 1 amide bonds. The molecule has 0 radical (unpaired) electrons. The number of halogens is 2. The summed E-state index contributed by atoms with van der Waals surface area (Å²) < 4.78 is 31.5. The summed E-state index contributed by atoms with van der Waals surface area (Å²) in [5.74, 6) is -1.25. The van der Waals surface area contributed by atoms with Crippen LogP contribution < -0.4 is 5.32 Å². The van der Waals surface area contributed by atoms with Gasteiger partial charge in [-0.1, -0.05) is 0 Å². The topological polar surface area (TPSA) is 58.6 Å². The van der Waals surface area contributed by atoms with Crippen molar-refractivity contribution in [3.05, 3.63) is 35.4 Å². The lowest BCUT2D eigenvalue weighted by molar-refractivity contribution is 0.0523. The largest absolute Gasteiger partial charge is 0.444 e. The maximum Gasteiger partial charge on any atom is 0.407 e. The summed E-state index contributed by atoms with van der Waals surface area (Å²) in [4.78, 5) is 11.4. The van der Waals surface area contributed by atoms with E-state index in [1.165, 1.54) is 0 Å². The van der Waals surface area contributed by atoms with E-state index in [9.17, 15) is 18.7 Å². The fraction of sp³-hybridized carbons (Fsp3) is 0.533. The third-order valence-electron chi connectivity index (χ3n) is 2.64. The Bertz CT molecular complexity index is 486. The highest BCUT2D eigenvalue weighted by Gasteiger charge is 2.16. The van der Waals surface area contributed by atoms with E-state index in [-0.39, 0.29) is 18.5 Å². The summed E-state index contributed by atoms with van der Waals surface area (Å²) in [6.07, 6.45) is -1.04. The highest BCUT2D eigenvalue weighted by molar-refractivity contribution is 5.67. The minimum Gasteiger partial charge on any atom is -0.444 e. The van der Waals surface area contributed by atoms with Crippen LogP contribution in [-0.4, -0.2) is 23.3 Å². The van der Waals surface area contributed by atoms with Crippen LogP contribution in [0.25, 0.3) is 0 Å². The Kier molecular flexibility index (Phi) is 6.08. The van der Waals surface area contributed by atoms with Crippen molar-refractivity contribution in [3.8, 4) is 0 Å². The van der Waals surface area contributed by atoms with Gasteiger partial charge in [-0.2, -0.15) is 0 Å². The normalized spacial score (nSPS) is 12.9. The van der Waals surface area contributed by atoms with Gasteiger partial charge in [0.25, 0.3) is 0 Å². The van der Waals surface area contributed by atoms with Crippen molar-refractivity contribution in [2.75, 3.05) is 6.54 Å². The SMILES string of the molecule is CC(C)(C)OC(=O)NCCCC(O)c1cc(F)ccc1F. The second-order valence-corrected chi connectivity index (χ2v) is 5.75. The Morgan fingerprint density at radius 1 is 1.38 bits per heavy atom. The highest BCUT2D eigenvalue weighted by atomic mass is 19.1. The van der Waals surface area contributed by atoms with E-state index in [0.29, 0.717) is 6.42 Å². The van der Waals surface area contributed by atoms with Crippen LogP contribution in [0.1, 0.15) is 45.3 Å². The summed E-state index contributed by atoms with van der Waals surface area (Å²) in [6, 6.07) is 2.95. The van der Waals surface area contributed by atoms with Gasteiger partial charge < -0.3 is 15.2 Å². The van der Waals surface area contributed by atoms with E-state index in [4.69, 9.17) is 4.74 Å². The maximum atomic E-state index is 13.4. The lowest BCUT2D eigenvalue weighted by atomic mass is 10.0. The molecule has 1 aromatic rings. The van der Waals surface area contributed by atoms with E-state index in [2.05, 4.69) is 5.32 Å². The smallest absolute Gasteiger partial charge is 0.407 e. The fourth-order valence-corrected chi connectivity index (χ4v) is 1.73. The Morgan fingerprint density at radius 3 is 2.67 bits per heavy atom. The fourth-order valence-electron chi connectivity index (χ4n) is 1.73. The van der Waals surface area contributed by atoms with E-state index >= 15 is 0 Å². The van der Waals surface area contributed by atoms with E-state index in [1.807, 2.05) is 0 Å². The first-order valence-corrected chi connectivity index (χ1v) is 6.79. The zero-order chi connectivity index (χ0) is 16.0. The molecule has 4 nitrogen and oxygen atoms in total. The Labute approximate surface area is 123 Å². The van der Waals surface area contributed by atoms with E-state index < -0.39 is 29.4 Å². The van der Waals surface area contributed by atoms with E-state index in [1.54, 1.807) is 20.8 Å². The highest BCUT2D eigenvalue weighted by Crippen LogP contribution is 2.22. The number of aliphatic hydroxyl groups excluding tert-OH is 1. The molecule has 0 saturated carbocycles. The molecule has 0 aliphatic heterocycles. The van der Waals surface area contributed by atoms with Gasteiger partial charge in [0.05, 0.1) is 6.10 Å². The summed E-state index contributed by atoms with van der Waals surface area (Å²) in [7, 11) is 0. The first kappa shape index (κ1) is 17.4. The van der Waals surface area contributed by atoms with Crippen LogP contribution in [0.15, 0.2) is 18.2 Å². The molecular weight excluding hydrogens is 280 g/mol. The Hall–Kier alpha value is -1.69. The van der Waals surface area contributed by atoms with Gasteiger partial charge in [-0.15, -0.1) is 0 Å². The maximum absolute atomic E-state index is 13.4. The lowest BCUT2D eigenvalue weighted by Gasteiger charge is -2.19. The number of carbonyl (C=O) groups is 1. The number of aliphatic hydroxyl groups is 1. The predicted molar refractivity (Wildman–Crippen MR) is 74.8 cm³/mol. The van der Waals surface area contributed by atoms with Crippen molar-refractivity contribution in [3.63, 3.8) is 0 Å². The monoisotopic (exact) mass is 301 g/mol. The van der Waals surface area contributed by atoms with Crippen molar-refractivity contribution >= 4 is 6.09 Å². The molecule has 0 bridgehead atoms. The van der Waals surface area contributed by atoms with Crippen molar-refractivity contribution in [2.45, 2.75) is 45.3 Å². The minimum atomic E-state index is -1.11. The molecule has 1 atom stereocenters. The number of alkyl carbamates (subject to hydrolysis) is 1. The summed E-state index contributed by atoms with van der Waals surface area (Å²) >= 11 is 0. The van der Waals surface area contributed by atoms with Crippen LogP contribution in [0.5, 0.6) is 0 Å². The number of hydrogen-bond acceptors (Lipinski definition) is 3. The Morgan fingerprint density at radius 2 is 2.05 bits per heavy atom. The van der Waals surface area contributed by atoms with Crippen molar-refractivity contribution in [1.29, 1.82) is 0 Å². The van der Waals surface area contributed by atoms with Crippen LogP contribution in [0.2, 0.25) is 0 Å². The second-order valence-electron chi connectivity index (χ2n) is 5.75. The number of ether oxygens (including phenoxy) is 1. The molecule has 21 heavy (non-hydrogen) atoms. The van der Waals surface area contributed by atoms with Crippen molar-refractivity contribution in [2.24, 2.45) is 0 Å². The second kappa shape index (κ2) is 7.36. The molecule has 6 heteroatoms. The molecule has 0 spiro atoms. The van der Waals surface area contributed by atoms with Gasteiger partial charge in [-0.25, -0.2) is 13.6 Å². The quantitative estimate of drug-likeness (QED) is 0.820. The first-order valence-electron chi connectivity index (χ1n) is 6.79. The zero-order valence-corrected chi connectivity index (χ0v) is 12.5. The molecule has 2 N–H and O–H groups in total. The molecule has 0 aliphatic carbocycles. The Balaban J connectivity index is 2.36. The van der Waals surface area contributed by atoms with Crippen molar-refractivity contribution in [1.82, 2.24) is 5.32 Å². The molecule has 1 aromatic carbocycles. The third kappa shape index (κ3) is 6.53. The summed E-state index contributed by atoms with van der Waals surface area (Å²) in [6.45, 7) is 5.54. The van der Waals surface area contributed by atoms with Gasteiger partial charge in [0.1, 0.15) is 17.2 Å². The number of amides is 1. The molecular formula is C15H21F2NO3. The molecule has 0 aliphatic rings. The number of carbonyl (C=O) groups excluding carboxylic acids is 1. The molecule has 0 heterocycles. The summed E-state index contributed by atoms with van der Waals surface area (Å²) in [5, 5.41) is 12.4. The van der Waals surface area contributed by atoms with Crippen LogP contribution in [0.4, 0.5) is 13.6 Å². The van der Waals surface area contributed by atoms with Gasteiger partial charge >= 0.3 is 6.09 Å². The number of hydrogen-bond donors (Lipinski definition) is 2. The average molecular weight is 301 g/mol.